The Morgan fingerprint density at radius 2 is 1.13 bits per heavy atom. The molecule has 0 unspecified atom stereocenters. The van der Waals surface area contributed by atoms with Crippen molar-refractivity contribution in [1.82, 2.24) is 0 Å². The molecular formula is C37H27NO. The molecule has 1 heterocycles. The van der Waals surface area contributed by atoms with E-state index in [1.54, 1.807) is 0 Å². The highest BCUT2D eigenvalue weighted by Gasteiger charge is 2.17. The first-order chi connectivity index (χ1) is 19.3. The molecule has 0 saturated heterocycles. The highest BCUT2D eigenvalue weighted by molar-refractivity contribution is 6.06. The van der Waals surface area contributed by atoms with Gasteiger partial charge < -0.3 is 9.32 Å². The molecule has 39 heavy (non-hydrogen) atoms. The summed E-state index contributed by atoms with van der Waals surface area (Å²) in [7, 11) is 0. The van der Waals surface area contributed by atoms with Crippen LogP contribution in [0.2, 0.25) is 0 Å². The number of furan rings is 1. The van der Waals surface area contributed by atoms with E-state index < -0.39 is 0 Å². The van der Waals surface area contributed by atoms with Gasteiger partial charge in [0.1, 0.15) is 11.2 Å². The van der Waals surface area contributed by atoms with E-state index in [0.29, 0.717) is 0 Å². The Hall–Kier alpha value is -5.08. The van der Waals surface area contributed by atoms with Crippen molar-refractivity contribution in [2.45, 2.75) is 6.42 Å². The smallest absolute Gasteiger partial charge is 0.135 e. The average molecular weight is 502 g/mol. The fraction of sp³-hybridized carbons (Fsp3) is 0.0270. The number of anilines is 2. The summed E-state index contributed by atoms with van der Waals surface area (Å²) in [4.78, 5) is 2.34. The Bertz CT molecular complexity index is 1860. The predicted octanol–water partition coefficient (Wildman–Crippen LogP) is 10.3. The van der Waals surface area contributed by atoms with Gasteiger partial charge in [-0.15, -0.1) is 0 Å². The first kappa shape index (κ1) is 23.1. The fourth-order valence-electron chi connectivity index (χ4n) is 5.36. The summed E-state index contributed by atoms with van der Waals surface area (Å²) in [5, 5.41) is 2.25. The standard InChI is InChI=1S/C37H27NO/c1-3-10-27(11-4-1)29-14-9-15-31(21-18-29)38(32-22-19-30(20-23-32)28-12-5-2-6-13-28)33-24-25-37-35(26-33)34-16-7-8-17-36(34)39-37/h1-8,10-26H,9H2. The Kier molecular flexibility index (Phi) is 5.91. The second-order valence-corrected chi connectivity index (χ2v) is 9.75. The van der Waals surface area contributed by atoms with Gasteiger partial charge in [-0.05, 0) is 71.2 Å². The normalized spacial score (nSPS) is 13.2. The van der Waals surface area contributed by atoms with Crippen LogP contribution in [0.25, 0.3) is 38.6 Å². The monoisotopic (exact) mass is 501 g/mol. The highest BCUT2D eigenvalue weighted by atomic mass is 16.3. The number of allylic oxidation sites excluding steroid dienone is 5. The van der Waals surface area contributed by atoms with E-state index in [-0.39, 0.29) is 0 Å². The third-order valence-electron chi connectivity index (χ3n) is 7.31. The molecule has 0 bridgehead atoms. The van der Waals surface area contributed by atoms with Crippen LogP contribution in [0.15, 0.2) is 162 Å². The van der Waals surface area contributed by atoms with Gasteiger partial charge in [-0.25, -0.2) is 0 Å². The van der Waals surface area contributed by atoms with E-state index in [9.17, 15) is 0 Å². The van der Waals surface area contributed by atoms with Gasteiger partial charge in [0.15, 0.2) is 0 Å². The summed E-state index contributed by atoms with van der Waals surface area (Å²) in [5.74, 6) is 0. The molecule has 0 aliphatic heterocycles. The topological polar surface area (TPSA) is 16.4 Å². The van der Waals surface area contributed by atoms with Crippen LogP contribution >= 0.6 is 0 Å². The molecule has 0 saturated carbocycles. The van der Waals surface area contributed by atoms with Gasteiger partial charge in [0.2, 0.25) is 0 Å². The van der Waals surface area contributed by atoms with E-state index in [1.807, 2.05) is 12.1 Å². The molecule has 5 aromatic carbocycles. The van der Waals surface area contributed by atoms with Gasteiger partial charge in [-0.2, -0.15) is 0 Å². The zero-order chi connectivity index (χ0) is 26.0. The second-order valence-electron chi connectivity index (χ2n) is 9.75. The third-order valence-corrected chi connectivity index (χ3v) is 7.31. The van der Waals surface area contributed by atoms with E-state index in [4.69, 9.17) is 4.42 Å². The number of benzene rings is 5. The van der Waals surface area contributed by atoms with E-state index in [1.165, 1.54) is 22.3 Å². The van der Waals surface area contributed by atoms with Crippen LogP contribution < -0.4 is 4.90 Å². The zero-order valence-corrected chi connectivity index (χ0v) is 21.5. The van der Waals surface area contributed by atoms with Crippen LogP contribution in [-0.4, -0.2) is 0 Å². The molecule has 7 rings (SSSR count). The van der Waals surface area contributed by atoms with Gasteiger partial charge in [-0.3, -0.25) is 0 Å². The molecular weight excluding hydrogens is 474 g/mol. The Morgan fingerprint density at radius 1 is 0.487 bits per heavy atom. The molecule has 1 aliphatic carbocycles. The lowest BCUT2D eigenvalue weighted by Gasteiger charge is -2.26. The van der Waals surface area contributed by atoms with Gasteiger partial charge in [-0.1, -0.05) is 109 Å². The highest BCUT2D eigenvalue weighted by Crippen LogP contribution is 2.38. The summed E-state index contributed by atoms with van der Waals surface area (Å²) >= 11 is 0. The second kappa shape index (κ2) is 10.00. The van der Waals surface area contributed by atoms with Crippen LogP contribution in [0.5, 0.6) is 0 Å². The van der Waals surface area contributed by atoms with Crippen molar-refractivity contribution in [3.8, 4) is 11.1 Å². The summed E-state index contributed by atoms with van der Waals surface area (Å²) in [6.07, 6.45) is 9.90. The number of fused-ring (bicyclic) bond motifs is 3. The lowest BCUT2D eigenvalue weighted by Crippen LogP contribution is -2.15. The summed E-state index contributed by atoms with van der Waals surface area (Å²) in [5.41, 5.74) is 10.0. The molecule has 186 valence electrons. The van der Waals surface area contributed by atoms with E-state index in [2.05, 4.69) is 144 Å². The van der Waals surface area contributed by atoms with Crippen molar-refractivity contribution >= 4 is 38.9 Å². The third kappa shape index (κ3) is 4.47. The summed E-state index contributed by atoms with van der Waals surface area (Å²) in [6.45, 7) is 0. The zero-order valence-electron chi connectivity index (χ0n) is 21.5. The first-order valence-electron chi connectivity index (χ1n) is 13.3. The number of hydrogen-bond acceptors (Lipinski definition) is 2. The predicted molar refractivity (Wildman–Crippen MR) is 164 cm³/mol. The maximum atomic E-state index is 6.13. The lowest BCUT2D eigenvalue weighted by atomic mass is 10.0. The number of rotatable bonds is 5. The van der Waals surface area contributed by atoms with Crippen molar-refractivity contribution in [3.63, 3.8) is 0 Å². The van der Waals surface area contributed by atoms with Crippen molar-refractivity contribution < 1.29 is 4.42 Å². The fourth-order valence-corrected chi connectivity index (χ4v) is 5.36. The minimum absolute atomic E-state index is 0.849. The number of para-hydroxylation sites is 1. The largest absolute Gasteiger partial charge is 0.456 e. The molecule has 1 aliphatic rings. The molecule has 0 atom stereocenters. The van der Waals surface area contributed by atoms with Crippen molar-refractivity contribution in [2.75, 3.05) is 4.90 Å². The van der Waals surface area contributed by atoms with Crippen molar-refractivity contribution in [2.24, 2.45) is 0 Å². The summed E-state index contributed by atoms with van der Waals surface area (Å²) < 4.78 is 6.13. The summed E-state index contributed by atoms with van der Waals surface area (Å²) in [6, 6.07) is 44.7. The number of nitrogens with zero attached hydrogens (tertiary/aromatic N) is 1. The lowest BCUT2D eigenvalue weighted by molar-refractivity contribution is 0.669. The van der Waals surface area contributed by atoms with Crippen molar-refractivity contribution in [1.29, 1.82) is 0 Å². The molecule has 0 fully saturated rings. The molecule has 2 nitrogen and oxygen atoms in total. The first-order valence-corrected chi connectivity index (χ1v) is 13.3. The van der Waals surface area contributed by atoms with Gasteiger partial charge >= 0.3 is 0 Å². The Balaban J connectivity index is 1.33. The van der Waals surface area contributed by atoms with Gasteiger partial charge in [0.25, 0.3) is 0 Å². The Labute approximate surface area is 228 Å². The molecule has 1 aromatic heterocycles. The minimum atomic E-state index is 0.849. The minimum Gasteiger partial charge on any atom is -0.456 e. The molecule has 0 spiro atoms. The molecule has 2 heteroatoms. The average Bonchev–Trinajstić information content (AvgIpc) is 3.20. The van der Waals surface area contributed by atoms with Gasteiger partial charge in [0.05, 0.1) is 0 Å². The maximum Gasteiger partial charge on any atom is 0.135 e. The molecule has 0 radical (unpaired) electrons. The van der Waals surface area contributed by atoms with Crippen LogP contribution in [-0.2, 0) is 0 Å². The van der Waals surface area contributed by atoms with Crippen LogP contribution in [0, 0.1) is 0 Å². The van der Waals surface area contributed by atoms with Crippen LogP contribution in [0.1, 0.15) is 12.0 Å². The van der Waals surface area contributed by atoms with Gasteiger partial charge in [0, 0.05) is 27.8 Å². The molecule has 0 N–H and O–H groups in total. The SMILES string of the molecule is C1=CC(N(c2ccc(-c3ccccc3)cc2)c2ccc3oc4ccccc4c3c2)=CCC=C1c1ccccc1. The molecule has 6 aromatic rings. The van der Waals surface area contributed by atoms with E-state index in [0.717, 1.165) is 45.4 Å². The quantitative estimate of drug-likeness (QED) is 0.234. The van der Waals surface area contributed by atoms with E-state index >= 15 is 0 Å². The van der Waals surface area contributed by atoms with Crippen molar-refractivity contribution in [3.05, 3.63) is 163 Å². The van der Waals surface area contributed by atoms with Crippen LogP contribution in [0.4, 0.5) is 11.4 Å². The Morgan fingerprint density at radius 3 is 1.92 bits per heavy atom. The molecule has 0 amide bonds. The van der Waals surface area contributed by atoms with Crippen LogP contribution in [0.3, 0.4) is 0 Å². The maximum absolute atomic E-state index is 6.13. The number of hydrogen-bond donors (Lipinski definition) is 0.